The number of rotatable bonds is 5. The molecule has 0 heterocycles. The molecular weight excluding hydrogens is 256 g/mol. The van der Waals surface area contributed by atoms with E-state index in [1.165, 1.54) is 0 Å². The van der Waals surface area contributed by atoms with Crippen molar-refractivity contribution in [3.63, 3.8) is 0 Å². The van der Waals surface area contributed by atoms with Crippen molar-refractivity contribution in [1.82, 2.24) is 0 Å². The minimum atomic E-state index is 0.0709. The fraction of sp³-hybridized carbons (Fsp3) is 0.417. The topological polar surface area (TPSA) is 49.5 Å². The zero-order valence-electron chi connectivity index (χ0n) is 9.98. The summed E-state index contributed by atoms with van der Waals surface area (Å²) in [4.78, 5) is 2.36. The van der Waals surface area contributed by atoms with Crippen LogP contribution in [0.1, 0.15) is 19.4 Å². The molecule has 0 radical (unpaired) electrons. The number of anilines is 1. The lowest BCUT2D eigenvalue weighted by molar-refractivity contribution is 0.299. The Morgan fingerprint density at radius 1 is 1.53 bits per heavy atom. The highest BCUT2D eigenvalue weighted by Crippen LogP contribution is 2.26. The van der Waals surface area contributed by atoms with Crippen LogP contribution in [-0.4, -0.2) is 29.3 Å². The van der Waals surface area contributed by atoms with Gasteiger partial charge in [0.05, 0.1) is 6.61 Å². The summed E-state index contributed by atoms with van der Waals surface area (Å²) in [5.74, 6) is 0. The first-order valence-electron chi connectivity index (χ1n) is 5.44. The Morgan fingerprint density at radius 2 is 2.18 bits per heavy atom. The number of hydrogen-bond acceptors (Lipinski definition) is 3. The highest BCUT2D eigenvalue weighted by Gasteiger charge is 2.15. The summed E-state index contributed by atoms with van der Waals surface area (Å²) >= 11 is 11.0. The second-order valence-electron chi connectivity index (χ2n) is 4.04. The molecule has 0 aromatic heterocycles. The van der Waals surface area contributed by atoms with E-state index in [1.807, 2.05) is 30.9 Å². The number of halogens is 1. The van der Waals surface area contributed by atoms with Crippen molar-refractivity contribution in [1.29, 1.82) is 0 Å². The summed E-state index contributed by atoms with van der Waals surface area (Å²) in [7, 11) is 0. The molecule has 0 bridgehead atoms. The molecule has 0 aliphatic heterocycles. The molecule has 0 amide bonds. The SMILES string of the molecule is CC(C)N(CCO)c1cc(Cl)ccc1C(N)=S. The summed E-state index contributed by atoms with van der Waals surface area (Å²) in [6.45, 7) is 4.68. The number of thiocarbonyl (C=S) groups is 1. The molecule has 1 aromatic rings. The number of aliphatic hydroxyl groups excluding tert-OH is 1. The van der Waals surface area contributed by atoms with Gasteiger partial charge in [-0.2, -0.15) is 0 Å². The molecule has 3 N–H and O–H groups in total. The van der Waals surface area contributed by atoms with Gasteiger partial charge in [-0.05, 0) is 32.0 Å². The third-order valence-corrected chi connectivity index (χ3v) is 2.95. The van der Waals surface area contributed by atoms with E-state index in [0.717, 1.165) is 11.3 Å². The van der Waals surface area contributed by atoms with Crippen LogP contribution in [0.15, 0.2) is 18.2 Å². The van der Waals surface area contributed by atoms with Crippen molar-refractivity contribution < 1.29 is 5.11 Å². The van der Waals surface area contributed by atoms with Crippen LogP contribution in [0.4, 0.5) is 5.69 Å². The van der Waals surface area contributed by atoms with E-state index in [9.17, 15) is 0 Å². The number of nitrogens with two attached hydrogens (primary N) is 1. The molecule has 0 unspecified atom stereocenters. The van der Waals surface area contributed by atoms with Gasteiger partial charge in [-0.3, -0.25) is 0 Å². The van der Waals surface area contributed by atoms with Crippen molar-refractivity contribution >= 4 is 34.5 Å². The van der Waals surface area contributed by atoms with Gasteiger partial charge in [-0.1, -0.05) is 23.8 Å². The van der Waals surface area contributed by atoms with Crippen molar-refractivity contribution in [2.45, 2.75) is 19.9 Å². The monoisotopic (exact) mass is 272 g/mol. The lowest BCUT2D eigenvalue weighted by Crippen LogP contribution is -2.35. The maximum Gasteiger partial charge on any atom is 0.106 e. The third-order valence-electron chi connectivity index (χ3n) is 2.50. The van der Waals surface area contributed by atoms with Crippen LogP contribution in [0.25, 0.3) is 0 Å². The number of nitrogens with zero attached hydrogens (tertiary/aromatic N) is 1. The second-order valence-corrected chi connectivity index (χ2v) is 4.91. The van der Waals surface area contributed by atoms with Crippen LogP contribution in [-0.2, 0) is 0 Å². The normalized spacial score (nSPS) is 10.6. The minimum Gasteiger partial charge on any atom is -0.395 e. The Kier molecular flexibility index (Phi) is 5.18. The van der Waals surface area contributed by atoms with E-state index in [4.69, 9.17) is 34.7 Å². The van der Waals surface area contributed by atoms with E-state index >= 15 is 0 Å². The lowest BCUT2D eigenvalue weighted by atomic mass is 10.1. The molecule has 0 saturated heterocycles. The molecule has 3 nitrogen and oxygen atoms in total. The van der Waals surface area contributed by atoms with E-state index < -0.39 is 0 Å². The zero-order chi connectivity index (χ0) is 13.0. The van der Waals surface area contributed by atoms with E-state index in [-0.39, 0.29) is 12.6 Å². The predicted molar refractivity (Wildman–Crippen MR) is 76.9 cm³/mol. The molecule has 0 aliphatic carbocycles. The average molecular weight is 273 g/mol. The molecule has 0 fully saturated rings. The Balaban J connectivity index is 3.24. The van der Waals surface area contributed by atoms with Crippen molar-refractivity contribution in [3.8, 4) is 0 Å². The van der Waals surface area contributed by atoms with Crippen LogP contribution < -0.4 is 10.6 Å². The summed E-state index contributed by atoms with van der Waals surface area (Å²) in [6.07, 6.45) is 0. The van der Waals surface area contributed by atoms with Crippen molar-refractivity contribution in [2.24, 2.45) is 5.73 Å². The summed E-state index contributed by atoms with van der Waals surface area (Å²) in [5.41, 5.74) is 7.35. The molecular formula is C12H17ClN2OS. The van der Waals surface area contributed by atoms with Crippen LogP contribution in [0.5, 0.6) is 0 Å². The molecule has 1 aromatic carbocycles. The number of hydrogen-bond donors (Lipinski definition) is 2. The summed E-state index contributed by atoms with van der Waals surface area (Å²) in [6, 6.07) is 5.63. The fourth-order valence-corrected chi connectivity index (χ4v) is 2.05. The van der Waals surface area contributed by atoms with Gasteiger partial charge in [0.1, 0.15) is 4.99 Å². The highest BCUT2D eigenvalue weighted by molar-refractivity contribution is 7.80. The number of aliphatic hydroxyl groups is 1. The largest absolute Gasteiger partial charge is 0.395 e. The fourth-order valence-electron chi connectivity index (χ4n) is 1.72. The molecule has 5 heteroatoms. The van der Waals surface area contributed by atoms with Crippen LogP contribution >= 0.6 is 23.8 Å². The second kappa shape index (κ2) is 6.19. The standard InChI is InChI=1S/C12H17ClN2OS/c1-8(2)15(5-6-16)11-7-9(13)3-4-10(11)12(14)17/h3-4,7-8,16H,5-6H2,1-2H3,(H2,14,17). The van der Waals surface area contributed by atoms with Gasteiger partial charge in [0.15, 0.2) is 0 Å². The van der Waals surface area contributed by atoms with Gasteiger partial charge >= 0.3 is 0 Å². The van der Waals surface area contributed by atoms with E-state index in [1.54, 1.807) is 6.07 Å². The van der Waals surface area contributed by atoms with Crippen LogP contribution in [0, 0.1) is 0 Å². The molecule has 1 rings (SSSR count). The Morgan fingerprint density at radius 3 is 2.65 bits per heavy atom. The Hall–Kier alpha value is -0.840. The van der Waals surface area contributed by atoms with Gasteiger partial charge in [0.25, 0.3) is 0 Å². The quantitative estimate of drug-likeness (QED) is 0.807. The van der Waals surface area contributed by atoms with E-state index in [0.29, 0.717) is 16.6 Å². The maximum absolute atomic E-state index is 9.11. The third kappa shape index (κ3) is 3.56. The first kappa shape index (κ1) is 14.2. The van der Waals surface area contributed by atoms with Crippen molar-refractivity contribution in [2.75, 3.05) is 18.1 Å². The minimum absolute atomic E-state index is 0.0709. The molecule has 17 heavy (non-hydrogen) atoms. The van der Waals surface area contributed by atoms with Gasteiger partial charge in [0, 0.05) is 28.9 Å². The zero-order valence-corrected chi connectivity index (χ0v) is 11.6. The molecule has 0 atom stereocenters. The first-order chi connectivity index (χ1) is 7.97. The smallest absolute Gasteiger partial charge is 0.106 e. The highest BCUT2D eigenvalue weighted by atomic mass is 35.5. The van der Waals surface area contributed by atoms with Gasteiger partial charge < -0.3 is 15.7 Å². The predicted octanol–water partition coefficient (Wildman–Crippen LogP) is 2.18. The lowest BCUT2D eigenvalue weighted by Gasteiger charge is -2.30. The van der Waals surface area contributed by atoms with Gasteiger partial charge in [-0.25, -0.2) is 0 Å². The summed E-state index contributed by atoms with van der Waals surface area (Å²) < 4.78 is 0. The summed E-state index contributed by atoms with van der Waals surface area (Å²) in [5, 5.41) is 9.74. The Labute approximate surface area is 112 Å². The van der Waals surface area contributed by atoms with Gasteiger partial charge in [0.2, 0.25) is 0 Å². The average Bonchev–Trinajstić information content (AvgIpc) is 2.24. The van der Waals surface area contributed by atoms with Crippen LogP contribution in [0.3, 0.4) is 0 Å². The number of benzene rings is 1. The van der Waals surface area contributed by atoms with Crippen LogP contribution in [0.2, 0.25) is 5.02 Å². The first-order valence-corrected chi connectivity index (χ1v) is 6.22. The molecule has 0 spiro atoms. The van der Waals surface area contributed by atoms with E-state index in [2.05, 4.69) is 0 Å². The van der Waals surface area contributed by atoms with Gasteiger partial charge in [-0.15, -0.1) is 0 Å². The Bertz CT molecular complexity index is 409. The molecule has 94 valence electrons. The van der Waals surface area contributed by atoms with Crippen molar-refractivity contribution in [3.05, 3.63) is 28.8 Å². The maximum atomic E-state index is 9.11. The molecule has 0 aliphatic rings. The molecule has 0 saturated carbocycles.